The van der Waals surface area contributed by atoms with Crippen molar-refractivity contribution in [1.82, 2.24) is 9.97 Å². The van der Waals surface area contributed by atoms with Crippen LogP contribution in [0.5, 0.6) is 0 Å². The molecule has 2 heterocycles. The Bertz CT molecular complexity index is 372. The third-order valence-electron chi connectivity index (χ3n) is 1.31. The van der Waals surface area contributed by atoms with Crippen molar-refractivity contribution in [1.29, 1.82) is 0 Å². The van der Waals surface area contributed by atoms with Crippen molar-refractivity contribution in [2.45, 2.75) is 0 Å². The summed E-state index contributed by atoms with van der Waals surface area (Å²) in [4.78, 5) is 7.90. The van der Waals surface area contributed by atoms with Crippen molar-refractivity contribution in [3.05, 3.63) is 35.8 Å². The third-order valence-corrected chi connectivity index (χ3v) is 1.51. The fourth-order valence-corrected chi connectivity index (χ4v) is 0.988. The number of halogens is 1. The minimum absolute atomic E-state index is 0.311. The first-order valence-electron chi connectivity index (χ1n) is 3.30. The van der Waals surface area contributed by atoms with Crippen LogP contribution in [0.1, 0.15) is 0 Å². The van der Waals surface area contributed by atoms with Gasteiger partial charge in [0.15, 0.2) is 0 Å². The minimum Gasteiger partial charge on any atom is -0.443 e. The highest BCUT2D eigenvalue weighted by Gasteiger charge is 2.02. The van der Waals surface area contributed by atoms with Gasteiger partial charge in [-0.25, -0.2) is 9.97 Å². The molecule has 0 amide bonds. The Balaban J connectivity index is 2.48. The zero-order valence-corrected chi connectivity index (χ0v) is 6.75. The predicted molar refractivity (Wildman–Crippen MR) is 43.6 cm³/mol. The summed E-state index contributed by atoms with van der Waals surface area (Å²) in [5, 5.41) is 0.311. The molecule has 0 atom stereocenters. The summed E-state index contributed by atoms with van der Waals surface area (Å²) in [6.45, 7) is 0. The van der Waals surface area contributed by atoms with Gasteiger partial charge >= 0.3 is 0 Å². The number of hydrogen-bond donors (Lipinski definition) is 0. The van der Waals surface area contributed by atoms with Gasteiger partial charge < -0.3 is 4.42 Å². The van der Waals surface area contributed by atoms with Crippen molar-refractivity contribution in [2.24, 2.45) is 0 Å². The van der Waals surface area contributed by atoms with Gasteiger partial charge in [0.1, 0.15) is 17.1 Å². The van der Waals surface area contributed by atoms with Gasteiger partial charge in [-0.3, -0.25) is 0 Å². The molecule has 0 N–H and O–H groups in total. The van der Waals surface area contributed by atoms with Gasteiger partial charge in [0, 0.05) is 6.07 Å². The highest BCUT2D eigenvalue weighted by atomic mass is 35.5. The normalized spacial score (nSPS) is 10.1. The molecule has 2 aromatic rings. The first-order chi connectivity index (χ1) is 5.86. The molecule has 0 unspecified atom stereocenters. The quantitative estimate of drug-likeness (QED) is 0.630. The molecule has 4 heteroatoms. The van der Waals surface area contributed by atoms with Crippen molar-refractivity contribution in [3.8, 4) is 11.6 Å². The Morgan fingerprint density at radius 1 is 1.50 bits per heavy atom. The number of hydrogen-bond acceptors (Lipinski definition) is 3. The van der Waals surface area contributed by atoms with E-state index in [0.717, 1.165) is 0 Å². The van der Waals surface area contributed by atoms with Crippen molar-refractivity contribution >= 4 is 11.6 Å². The number of rotatable bonds is 1. The van der Waals surface area contributed by atoms with Crippen LogP contribution in [0.2, 0.25) is 5.15 Å². The van der Waals surface area contributed by atoms with Crippen LogP contribution >= 0.6 is 11.6 Å². The second kappa shape index (κ2) is 2.95. The van der Waals surface area contributed by atoms with E-state index >= 15 is 0 Å². The Kier molecular flexibility index (Phi) is 1.80. The molecule has 0 bridgehead atoms. The molecule has 1 radical (unpaired) electrons. The van der Waals surface area contributed by atoms with Crippen LogP contribution < -0.4 is 0 Å². The van der Waals surface area contributed by atoms with E-state index in [-0.39, 0.29) is 0 Å². The molecule has 59 valence electrons. The van der Waals surface area contributed by atoms with E-state index in [1.807, 2.05) is 0 Å². The molecule has 0 aliphatic rings. The van der Waals surface area contributed by atoms with Crippen molar-refractivity contribution in [3.63, 3.8) is 0 Å². The zero-order valence-electron chi connectivity index (χ0n) is 5.99. The van der Waals surface area contributed by atoms with Gasteiger partial charge in [0.05, 0.1) is 6.20 Å². The maximum absolute atomic E-state index is 5.63. The van der Waals surface area contributed by atoms with E-state index in [0.29, 0.717) is 16.7 Å². The van der Waals surface area contributed by atoms with Gasteiger partial charge in [0.2, 0.25) is 5.89 Å². The van der Waals surface area contributed by atoms with E-state index in [1.54, 1.807) is 18.3 Å². The van der Waals surface area contributed by atoms with E-state index in [1.165, 1.54) is 6.26 Å². The summed E-state index contributed by atoms with van der Waals surface area (Å²) in [6, 6.07) is 6.13. The average Bonchev–Trinajstić information content (AvgIpc) is 2.56. The van der Waals surface area contributed by atoms with Crippen molar-refractivity contribution in [2.75, 3.05) is 0 Å². The number of aromatic nitrogens is 2. The first kappa shape index (κ1) is 7.31. The van der Waals surface area contributed by atoms with Crippen LogP contribution in [0.4, 0.5) is 0 Å². The van der Waals surface area contributed by atoms with Crippen molar-refractivity contribution < 1.29 is 4.42 Å². The first-order valence-corrected chi connectivity index (χ1v) is 3.68. The fourth-order valence-electron chi connectivity index (χ4n) is 0.834. The molecule has 0 aliphatic heterocycles. The largest absolute Gasteiger partial charge is 0.443 e. The van der Waals surface area contributed by atoms with Gasteiger partial charge in [-0.2, -0.15) is 0 Å². The molecule has 2 aromatic heterocycles. The molecule has 0 saturated carbocycles. The molecule has 12 heavy (non-hydrogen) atoms. The van der Waals surface area contributed by atoms with Gasteiger partial charge in [-0.15, -0.1) is 0 Å². The molecule has 0 fully saturated rings. The monoisotopic (exact) mass is 179 g/mol. The van der Waals surface area contributed by atoms with Gasteiger partial charge in [-0.1, -0.05) is 11.6 Å². The number of nitrogens with zero attached hydrogens (tertiary/aromatic N) is 2. The Morgan fingerprint density at radius 3 is 3.08 bits per heavy atom. The summed E-state index contributed by atoms with van der Waals surface area (Å²) in [6.07, 6.45) is 3.04. The highest BCUT2D eigenvalue weighted by molar-refractivity contribution is 6.29. The summed E-state index contributed by atoms with van der Waals surface area (Å²) in [5.41, 5.74) is 0.615. The molecule has 0 aromatic carbocycles. The van der Waals surface area contributed by atoms with Gasteiger partial charge in [-0.05, 0) is 12.1 Å². The van der Waals surface area contributed by atoms with E-state index < -0.39 is 0 Å². The molecule has 0 saturated heterocycles. The zero-order chi connectivity index (χ0) is 8.39. The Hall–Kier alpha value is -1.35. The number of pyridine rings is 1. The average molecular weight is 180 g/mol. The second-order valence-corrected chi connectivity index (χ2v) is 2.46. The Morgan fingerprint density at radius 2 is 2.42 bits per heavy atom. The van der Waals surface area contributed by atoms with Crippen LogP contribution in [0, 0.1) is 6.07 Å². The predicted octanol–water partition coefficient (Wildman–Crippen LogP) is 2.19. The van der Waals surface area contributed by atoms with Crippen LogP contribution in [0.25, 0.3) is 11.6 Å². The fraction of sp³-hybridized carbons (Fsp3) is 0. The van der Waals surface area contributed by atoms with Crippen LogP contribution in [0.3, 0.4) is 0 Å². The lowest BCUT2D eigenvalue weighted by atomic mass is 10.3. The smallest absolute Gasteiger partial charge is 0.245 e. The minimum atomic E-state index is 0.311. The van der Waals surface area contributed by atoms with Gasteiger partial charge in [0.25, 0.3) is 0 Å². The summed E-state index contributed by atoms with van der Waals surface area (Å²) in [7, 11) is 0. The lowest BCUT2D eigenvalue weighted by molar-refractivity contribution is 0.572. The Labute approximate surface area is 74.0 Å². The molecule has 2 rings (SSSR count). The standard InChI is InChI=1S/C8H4ClN2O/c9-7-3-1-2-6(11-7)8-10-4-5-12-8/h1-2,4-5H. The summed E-state index contributed by atoms with van der Waals surface area (Å²) in [5.74, 6) is 0.464. The summed E-state index contributed by atoms with van der Waals surface area (Å²) >= 11 is 5.63. The SMILES string of the molecule is Clc1[c]ccc(-c2ncco2)n1. The summed E-state index contributed by atoms with van der Waals surface area (Å²) < 4.78 is 5.03. The van der Waals surface area contributed by atoms with Crippen LogP contribution in [0.15, 0.2) is 29.0 Å². The van der Waals surface area contributed by atoms with E-state index in [9.17, 15) is 0 Å². The van der Waals surface area contributed by atoms with Crippen LogP contribution in [-0.4, -0.2) is 9.97 Å². The molecular weight excluding hydrogens is 176 g/mol. The molecule has 0 spiro atoms. The van der Waals surface area contributed by atoms with E-state index in [2.05, 4.69) is 16.0 Å². The number of oxazole rings is 1. The maximum Gasteiger partial charge on any atom is 0.245 e. The molecule has 3 nitrogen and oxygen atoms in total. The lowest BCUT2D eigenvalue weighted by Gasteiger charge is -1.92. The maximum atomic E-state index is 5.63. The van der Waals surface area contributed by atoms with E-state index in [4.69, 9.17) is 16.0 Å². The third kappa shape index (κ3) is 1.31. The van der Waals surface area contributed by atoms with Crippen LogP contribution in [-0.2, 0) is 0 Å². The highest BCUT2D eigenvalue weighted by Crippen LogP contribution is 2.15. The molecular formula is C8H4ClN2O. The molecule has 0 aliphatic carbocycles. The lowest BCUT2D eigenvalue weighted by Crippen LogP contribution is -1.82. The topological polar surface area (TPSA) is 38.9 Å². The second-order valence-electron chi connectivity index (χ2n) is 2.10.